The lowest BCUT2D eigenvalue weighted by Crippen LogP contribution is -2.11. The highest BCUT2D eigenvalue weighted by atomic mass is 79.9. The molecular formula is C13H14BrNO3. The Morgan fingerprint density at radius 2 is 1.83 bits per heavy atom. The van der Waals surface area contributed by atoms with Crippen LogP contribution in [0.25, 0.3) is 0 Å². The van der Waals surface area contributed by atoms with Crippen LogP contribution in [0.4, 0.5) is 0 Å². The third kappa shape index (κ3) is 1.65. The number of fused-ring (bicyclic) bond motifs is 2. The van der Waals surface area contributed by atoms with Crippen molar-refractivity contribution in [3.63, 3.8) is 0 Å². The van der Waals surface area contributed by atoms with E-state index in [1.54, 1.807) is 0 Å². The summed E-state index contributed by atoms with van der Waals surface area (Å²) < 4.78 is 12.2. The number of rotatable bonds is 3. The molecule has 96 valence electrons. The first-order valence-corrected chi connectivity index (χ1v) is 6.89. The van der Waals surface area contributed by atoms with E-state index in [0.29, 0.717) is 31.7 Å². The van der Waals surface area contributed by atoms with Crippen LogP contribution in [0.5, 0.6) is 11.5 Å². The molecular weight excluding hydrogens is 298 g/mol. The van der Waals surface area contributed by atoms with E-state index in [2.05, 4.69) is 15.9 Å². The zero-order valence-electron chi connectivity index (χ0n) is 9.92. The summed E-state index contributed by atoms with van der Waals surface area (Å²) in [7, 11) is 0. The summed E-state index contributed by atoms with van der Waals surface area (Å²) in [6, 6.07) is 0. The Morgan fingerprint density at radius 3 is 2.56 bits per heavy atom. The van der Waals surface area contributed by atoms with Gasteiger partial charge in [-0.1, -0.05) is 0 Å². The molecule has 0 fully saturated rings. The molecule has 0 aromatic heterocycles. The predicted octanol–water partition coefficient (Wildman–Crippen LogP) is 1.85. The molecule has 0 bridgehead atoms. The first kappa shape index (κ1) is 12.0. The molecule has 0 radical (unpaired) electrons. The number of ketones is 1. The molecule has 0 unspecified atom stereocenters. The van der Waals surface area contributed by atoms with Crippen LogP contribution in [0.15, 0.2) is 4.47 Å². The van der Waals surface area contributed by atoms with Crippen molar-refractivity contribution in [3.8, 4) is 11.5 Å². The Bertz CT molecular complexity index is 492. The number of halogens is 1. The van der Waals surface area contributed by atoms with Gasteiger partial charge in [-0.2, -0.15) is 0 Å². The van der Waals surface area contributed by atoms with Crippen LogP contribution in [0.3, 0.4) is 0 Å². The second kappa shape index (κ2) is 4.55. The molecule has 1 aromatic rings. The molecule has 5 heteroatoms. The summed E-state index contributed by atoms with van der Waals surface area (Å²) in [6.45, 7) is 1.61. The van der Waals surface area contributed by atoms with Gasteiger partial charge in [-0.15, -0.1) is 0 Å². The van der Waals surface area contributed by atoms with E-state index >= 15 is 0 Å². The molecule has 0 spiro atoms. The molecule has 0 saturated carbocycles. The Hall–Kier alpha value is -1.07. The van der Waals surface area contributed by atoms with Crippen LogP contribution >= 0.6 is 15.9 Å². The van der Waals surface area contributed by atoms with Crippen molar-refractivity contribution in [1.82, 2.24) is 0 Å². The van der Waals surface area contributed by atoms with Crippen molar-refractivity contribution in [2.45, 2.75) is 19.3 Å². The molecule has 0 atom stereocenters. The third-order valence-electron chi connectivity index (χ3n) is 3.39. The number of Topliss-reactive ketones (excluding diaryl/α,β-unsaturated/α-hetero) is 1. The largest absolute Gasteiger partial charge is 0.492 e. The number of carbonyl (C=O) groups excluding carboxylic acids is 1. The first-order valence-electron chi connectivity index (χ1n) is 6.10. The second-order valence-electron chi connectivity index (χ2n) is 4.46. The maximum absolute atomic E-state index is 12.2. The van der Waals surface area contributed by atoms with Gasteiger partial charge in [-0.05, 0) is 22.5 Å². The van der Waals surface area contributed by atoms with Crippen LogP contribution in [0, 0.1) is 0 Å². The van der Waals surface area contributed by atoms with Crippen molar-refractivity contribution in [1.29, 1.82) is 0 Å². The average molecular weight is 312 g/mol. The fourth-order valence-electron chi connectivity index (χ4n) is 2.60. The summed E-state index contributed by atoms with van der Waals surface area (Å²) in [6.07, 6.45) is 1.93. The van der Waals surface area contributed by atoms with E-state index in [1.807, 2.05) is 0 Å². The molecule has 2 aliphatic rings. The normalized spacial score (nSPS) is 15.9. The van der Waals surface area contributed by atoms with Crippen LogP contribution in [0.2, 0.25) is 0 Å². The number of benzene rings is 1. The Labute approximate surface area is 114 Å². The molecule has 18 heavy (non-hydrogen) atoms. The fourth-order valence-corrected chi connectivity index (χ4v) is 3.34. The van der Waals surface area contributed by atoms with Crippen molar-refractivity contribution in [3.05, 3.63) is 21.2 Å². The van der Waals surface area contributed by atoms with Crippen molar-refractivity contribution >= 4 is 21.7 Å². The van der Waals surface area contributed by atoms with E-state index in [0.717, 1.165) is 39.9 Å². The van der Waals surface area contributed by atoms with Gasteiger partial charge in [-0.25, -0.2) is 0 Å². The zero-order valence-corrected chi connectivity index (χ0v) is 11.5. The maximum atomic E-state index is 12.2. The summed E-state index contributed by atoms with van der Waals surface area (Å²) >= 11 is 3.56. The highest BCUT2D eigenvalue weighted by Crippen LogP contribution is 2.47. The summed E-state index contributed by atoms with van der Waals surface area (Å²) in [5.74, 6) is 1.62. The summed E-state index contributed by atoms with van der Waals surface area (Å²) in [4.78, 5) is 12.2. The van der Waals surface area contributed by atoms with E-state index in [-0.39, 0.29) is 5.78 Å². The van der Waals surface area contributed by atoms with Gasteiger partial charge in [-0.3, -0.25) is 4.79 Å². The van der Waals surface area contributed by atoms with Gasteiger partial charge in [0, 0.05) is 30.4 Å². The van der Waals surface area contributed by atoms with Crippen LogP contribution < -0.4 is 15.2 Å². The van der Waals surface area contributed by atoms with E-state index in [1.165, 1.54) is 0 Å². The summed E-state index contributed by atoms with van der Waals surface area (Å²) in [5, 5.41) is 0. The molecule has 2 N–H and O–H groups in total. The smallest absolute Gasteiger partial charge is 0.168 e. The van der Waals surface area contributed by atoms with Gasteiger partial charge in [0.2, 0.25) is 0 Å². The number of ether oxygens (including phenoxy) is 2. The summed E-state index contributed by atoms with van der Waals surface area (Å²) in [5.41, 5.74) is 8.21. The topological polar surface area (TPSA) is 61.6 Å². The fraction of sp³-hybridized carbons (Fsp3) is 0.462. The minimum absolute atomic E-state index is 0.0601. The number of carbonyl (C=O) groups is 1. The van der Waals surface area contributed by atoms with Crippen molar-refractivity contribution in [2.75, 3.05) is 19.8 Å². The predicted molar refractivity (Wildman–Crippen MR) is 70.5 cm³/mol. The number of hydrogen-bond acceptors (Lipinski definition) is 4. The molecule has 0 saturated heterocycles. The van der Waals surface area contributed by atoms with Gasteiger partial charge >= 0.3 is 0 Å². The standard InChI is InChI=1S/C13H14BrNO3/c14-11-8-3-6-17-12(8)10(9(16)1-4-15)7-2-5-18-13(7)11/h1-6,15H2. The lowest BCUT2D eigenvalue weighted by atomic mass is 9.95. The van der Waals surface area contributed by atoms with Crippen molar-refractivity contribution in [2.24, 2.45) is 5.73 Å². The third-order valence-corrected chi connectivity index (χ3v) is 4.23. The molecule has 3 rings (SSSR count). The molecule has 0 amide bonds. The van der Waals surface area contributed by atoms with Gasteiger partial charge in [0.15, 0.2) is 5.78 Å². The molecule has 4 nitrogen and oxygen atoms in total. The highest BCUT2D eigenvalue weighted by molar-refractivity contribution is 9.10. The van der Waals surface area contributed by atoms with E-state index in [9.17, 15) is 4.79 Å². The average Bonchev–Trinajstić information content (AvgIpc) is 2.97. The minimum Gasteiger partial charge on any atom is -0.492 e. The van der Waals surface area contributed by atoms with Crippen molar-refractivity contribution < 1.29 is 14.3 Å². The number of hydrogen-bond donors (Lipinski definition) is 1. The number of nitrogens with two attached hydrogens (primary N) is 1. The van der Waals surface area contributed by atoms with Gasteiger partial charge in [0.1, 0.15) is 11.5 Å². The van der Waals surface area contributed by atoms with E-state index < -0.39 is 0 Å². The highest BCUT2D eigenvalue weighted by Gasteiger charge is 2.32. The molecule has 2 heterocycles. The maximum Gasteiger partial charge on any atom is 0.168 e. The quantitative estimate of drug-likeness (QED) is 0.865. The van der Waals surface area contributed by atoms with Crippen LogP contribution in [0.1, 0.15) is 27.9 Å². The SMILES string of the molecule is NCCC(=O)c1c2c(c(Br)c3c1OCC3)OCC2. The lowest BCUT2D eigenvalue weighted by Gasteiger charge is -2.13. The molecule has 1 aromatic carbocycles. The van der Waals surface area contributed by atoms with E-state index in [4.69, 9.17) is 15.2 Å². The minimum atomic E-state index is 0.0601. The van der Waals surface area contributed by atoms with Crippen LogP contribution in [-0.2, 0) is 12.8 Å². The second-order valence-corrected chi connectivity index (χ2v) is 5.26. The van der Waals surface area contributed by atoms with Gasteiger partial charge in [0.05, 0.1) is 23.2 Å². The Kier molecular flexibility index (Phi) is 3.03. The lowest BCUT2D eigenvalue weighted by molar-refractivity contribution is 0.0981. The zero-order chi connectivity index (χ0) is 12.7. The Morgan fingerprint density at radius 1 is 1.17 bits per heavy atom. The first-order chi connectivity index (χ1) is 8.74. The van der Waals surface area contributed by atoms with Gasteiger partial charge < -0.3 is 15.2 Å². The monoisotopic (exact) mass is 311 g/mol. The Balaban J connectivity index is 2.21. The molecule has 2 aliphatic heterocycles. The van der Waals surface area contributed by atoms with Crippen LogP contribution in [-0.4, -0.2) is 25.5 Å². The van der Waals surface area contributed by atoms with Gasteiger partial charge in [0.25, 0.3) is 0 Å². The molecule has 0 aliphatic carbocycles.